The van der Waals surface area contributed by atoms with Gasteiger partial charge in [-0.05, 0) is 48.2 Å². The van der Waals surface area contributed by atoms with Crippen molar-refractivity contribution in [3.8, 4) is 5.75 Å². The Kier molecular flexibility index (Phi) is 4.54. The molecule has 0 radical (unpaired) electrons. The van der Waals surface area contributed by atoms with E-state index in [9.17, 15) is 18.0 Å². The highest BCUT2D eigenvalue weighted by molar-refractivity contribution is 5.91. The lowest BCUT2D eigenvalue weighted by Gasteiger charge is -2.12. The Morgan fingerprint density at radius 3 is 2.27 bits per heavy atom. The molecule has 2 aromatic rings. The lowest BCUT2D eigenvalue weighted by Crippen LogP contribution is -2.14. The van der Waals surface area contributed by atoms with Gasteiger partial charge in [0, 0.05) is 0 Å². The van der Waals surface area contributed by atoms with Crippen LogP contribution in [0, 0.1) is 24.4 Å². The highest BCUT2D eigenvalue weighted by atomic mass is 19.2. The number of aryl methyl sites for hydroxylation is 1. The molecule has 2 nitrogen and oxygen atoms in total. The third-order valence-corrected chi connectivity index (χ3v) is 3.32. The van der Waals surface area contributed by atoms with Gasteiger partial charge in [-0.3, -0.25) is 0 Å². The molecule has 0 fully saturated rings. The van der Waals surface area contributed by atoms with Crippen LogP contribution in [0.1, 0.15) is 41.3 Å². The van der Waals surface area contributed by atoms with E-state index in [1.807, 2.05) is 20.8 Å². The molecular formula is C17H15F3O2. The van der Waals surface area contributed by atoms with Crippen molar-refractivity contribution < 1.29 is 22.7 Å². The molecular weight excluding hydrogens is 293 g/mol. The van der Waals surface area contributed by atoms with E-state index in [0.29, 0.717) is 18.1 Å². The fourth-order valence-corrected chi connectivity index (χ4v) is 2.23. The van der Waals surface area contributed by atoms with Crippen molar-refractivity contribution in [1.29, 1.82) is 0 Å². The van der Waals surface area contributed by atoms with E-state index in [2.05, 4.69) is 0 Å². The normalized spacial score (nSPS) is 10.9. The molecule has 0 heterocycles. The number of esters is 1. The van der Waals surface area contributed by atoms with Gasteiger partial charge in [-0.25, -0.2) is 18.0 Å². The highest BCUT2D eigenvalue weighted by Crippen LogP contribution is 2.25. The van der Waals surface area contributed by atoms with Crippen LogP contribution in [0.5, 0.6) is 5.75 Å². The number of hydrogen-bond donors (Lipinski definition) is 0. The van der Waals surface area contributed by atoms with Gasteiger partial charge in [-0.15, -0.1) is 0 Å². The molecule has 0 atom stereocenters. The molecule has 0 saturated carbocycles. The van der Waals surface area contributed by atoms with Crippen LogP contribution in [0.4, 0.5) is 13.2 Å². The number of benzene rings is 2. The van der Waals surface area contributed by atoms with Crippen LogP contribution in [-0.2, 0) is 0 Å². The summed E-state index contributed by atoms with van der Waals surface area (Å²) in [5.41, 5.74) is 0.925. The Morgan fingerprint density at radius 2 is 1.68 bits per heavy atom. The smallest absolute Gasteiger partial charge is 0.349 e. The van der Waals surface area contributed by atoms with E-state index in [4.69, 9.17) is 4.74 Å². The van der Waals surface area contributed by atoms with Crippen LogP contribution >= 0.6 is 0 Å². The molecule has 22 heavy (non-hydrogen) atoms. The molecule has 5 heteroatoms. The first kappa shape index (κ1) is 16.1. The zero-order valence-corrected chi connectivity index (χ0v) is 12.4. The highest BCUT2D eigenvalue weighted by Gasteiger charge is 2.23. The quantitative estimate of drug-likeness (QED) is 0.464. The summed E-state index contributed by atoms with van der Waals surface area (Å²) in [6.45, 7) is 5.88. The van der Waals surface area contributed by atoms with Gasteiger partial charge < -0.3 is 4.74 Å². The summed E-state index contributed by atoms with van der Waals surface area (Å²) >= 11 is 0. The van der Waals surface area contributed by atoms with Gasteiger partial charge in [0.2, 0.25) is 0 Å². The second kappa shape index (κ2) is 6.22. The van der Waals surface area contributed by atoms with Crippen molar-refractivity contribution in [3.63, 3.8) is 0 Å². The Labute approximate surface area is 126 Å². The van der Waals surface area contributed by atoms with Crippen LogP contribution < -0.4 is 4.74 Å². The Balaban J connectivity index is 2.30. The standard InChI is InChI=1S/C17H15F3O2/c1-9(2)12-5-4-11(8-10(12)3)22-17(21)15-13(18)6-7-14(19)16(15)20/h4-9H,1-3H3. The molecule has 2 rings (SSSR count). The summed E-state index contributed by atoms with van der Waals surface area (Å²) in [6.07, 6.45) is 0. The van der Waals surface area contributed by atoms with Crippen molar-refractivity contribution in [2.24, 2.45) is 0 Å². The van der Waals surface area contributed by atoms with Crippen LogP contribution in [0.2, 0.25) is 0 Å². The van der Waals surface area contributed by atoms with Crippen LogP contribution in [0.25, 0.3) is 0 Å². The molecule has 0 aliphatic rings. The first-order chi connectivity index (χ1) is 10.3. The van der Waals surface area contributed by atoms with Gasteiger partial charge in [0.1, 0.15) is 17.1 Å². The van der Waals surface area contributed by atoms with Crippen LogP contribution in [0.15, 0.2) is 30.3 Å². The van der Waals surface area contributed by atoms with Gasteiger partial charge >= 0.3 is 5.97 Å². The fourth-order valence-electron chi connectivity index (χ4n) is 2.23. The molecule has 0 spiro atoms. The maximum Gasteiger partial charge on any atom is 0.349 e. The van der Waals surface area contributed by atoms with Crippen molar-refractivity contribution in [2.75, 3.05) is 0 Å². The fraction of sp³-hybridized carbons (Fsp3) is 0.235. The van der Waals surface area contributed by atoms with Crippen LogP contribution in [-0.4, -0.2) is 5.97 Å². The predicted molar refractivity (Wildman–Crippen MR) is 76.5 cm³/mol. The predicted octanol–water partition coefficient (Wildman–Crippen LogP) is 4.75. The summed E-state index contributed by atoms with van der Waals surface area (Å²) < 4.78 is 45.1. The van der Waals surface area contributed by atoms with Crippen molar-refractivity contribution in [1.82, 2.24) is 0 Å². The number of carbonyl (C=O) groups is 1. The topological polar surface area (TPSA) is 26.3 Å². The summed E-state index contributed by atoms with van der Waals surface area (Å²) in [5.74, 6) is -4.86. The largest absolute Gasteiger partial charge is 0.423 e. The average Bonchev–Trinajstić information content (AvgIpc) is 2.43. The van der Waals surface area contributed by atoms with E-state index in [-0.39, 0.29) is 5.75 Å². The van der Waals surface area contributed by atoms with E-state index in [0.717, 1.165) is 11.1 Å². The monoisotopic (exact) mass is 308 g/mol. The molecule has 0 aliphatic heterocycles. The van der Waals surface area contributed by atoms with Crippen molar-refractivity contribution in [3.05, 3.63) is 64.5 Å². The van der Waals surface area contributed by atoms with Crippen LogP contribution in [0.3, 0.4) is 0 Å². The van der Waals surface area contributed by atoms with Gasteiger partial charge in [0.05, 0.1) is 0 Å². The second-order valence-electron chi connectivity index (χ2n) is 5.28. The van der Waals surface area contributed by atoms with E-state index >= 15 is 0 Å². The van der Waals surface area contributed by atoms with Crippen molar-refractivity contribution in [2.45, 2.75) is 26.7 Å². The van der Waals surface area contributed by atoms with E-state index in [1.165, 1.54) is 6.07 Å². The van der Waals surface area contributed by atoms with Gasteiger partial charge in [-0.1, -0.05) is 19.9 Å². The second-order valence-corrected chi connectivity index (χ2v) is 5.28. The molecule has 0 unspecified atom stereocenters. The Morgan fingerprint density at radius 1 is 1.05 bits per heavy atom. The molecule has 2 aromatic carbocycles. The number of carbonyl (C=O) groups excluding carboxylic acids is 1. The summed E-state index contributed by atoms with van der Waals surface area (Å²) in [6, 6.07) is 6.21. The molecule has 0 N–H and O–H groups in total. The third kappa shape index (κ3) is 3.13. The minimum absolute atomic E-state index is 0.148. The summed E-state index contributed by atoms with van der Waals surface area (Å²) in [4.78, 5) is 11.9. The zero-order chi connectivity index (χ0) is 16.4. The van der Waals surface area contributed by atoms with Gasteiger partial charge in [0.25, 0.3) is 0 Å². The first-order valence-corrected chi connectivity index (χ1v) is 6.77. The van der Waals surface area contributed by atoms with Gasteiger partial charge in [0.15, 0.2) is 11.6 Å². The average molecular weight is 308 g/mol. The summed E-state index contributed by atoms with van der Waals surface area (Å²) in [7, 11) is 0. The molecule has 0 saturated heterocycles. The molecule has 116 valence electrons. The maximum atomic E-state index is 13.5. The SMILES string of the molecule is Cc1cc(OC(=O)c2c(F)ccc(F)c2F)ccc1C(C)C. The minimum atomic E-state index is -1.56. The lowest BCUT2D eigenvalue weighted by atomic mass is 9.98. The Hall–Kier alpha value is -2.30. The number of halogens is 3. The van der Waals surface area contributed by atoms with E-state index in [1.54, 1.807) is 12.1 Å². The molecule has 0 amide bonds. The number of rotatable bonds is 3. The summed E-state index contributed by atoms with van der Waals surface area (Å²) in [5, 5.41) is 0. The first-order valence-electron chi connectivity index (χ1n) is 6.77. The Bertz CT molecular complexity index is 724. The molecule has 0 bridgehead atoms. The molecule has 0 aliphatic carbocycles. The molecule has 0 aromatic heterocycles. The lowest BCUT2D eigenvalue weighted by molar-refractivity contribution is 0.0723. The number of hydrogen-bond acceptors (Lipinski definition) is 2. The minimum Gasteiger partial charge on any atom is -0.423 e. The third-order valence-electron chi connectivity index (χ3n) is 3.32. The van der Waals surface area contributed by atoms with Crippen molar-refractivity contribution >= 4 is 5.97 Å². The zero-order valence-electron chi connectivity index (χ0n) is 12.4. The van der Waals surface area contributed by atoms with E-state index < -0.39 is 29.0 Å². The number of ether oxygens (including phenoxy) is 1. The maximum absolute atomic E-state index is 13.5. The van der Waals surface area contributed by atoms with Gasteiger partial charge in [-0.2, -0.15) is 0 Å².